The Bertz CT molecular complexity index is 777. The minimum Gasteiger partial charge on any atom is -0.329 e. The number of alkyl halides is 3. The smallest absolute Gasteiger partial charge is 0.329 e. The Labute approximate surface area is 156 Å². The summed E-state index contributed by atoms with van der Waals surface area (Å²) in [5, 5.41) is 0. The fourth-order valence-corrected chi connectivity index (χ4v) is 3.14. The highest BCUT2D eigenvalue weighted by atomic mass is 19.4. The second kappa shape index (κ2) is 8.39. The lowest BCUT2D eigenvalue weighted by Gasteiger charge is -2.31. The van der Waals surface area contributed by atoms with Gasteiger partial charge in [0.15, 0.2) is 0 Å². The molecule has 1 heterocycles. The average molecular weight is 375 g/mol. The molecule has 0 bridgehead atoms. The van der Waals surface area contributed by atoms with E-state index in [0.29, 0.717) is 18.7 Å². The number of amides is 1. The van der Waals surface area contributed by atoms with E-state index in [-0.39, 0.29) is 5.91 Å². The van der Waals surface area contributed by atoms with E-state index < -0.39 is 11.7 Å². The topological polar surface area (TPSA) is 24.8 Å². The Balaban J connectivity index is 1.50. The van der Waals surface area contributed by atoms with Crippen molar-refractivity contribution in [1.82, 2.24) is 4.90 Å². The summed E-state index contributed by atoms with van der Waals surface area (Å²) in [6, 6.07) is 14.5. The van der Waals surface area contributed by atoms with Crippen LogP contribution in [0.15, 0.2) is 60.7 Å². The van der Waals surface area contributed by atoms with Gasteiger partial charge in [-0.2, -0.15) is 13.2 Å². The van der Waals surface area contributed by atoms with Crippen molar-refractivity contribution < 1.29 is 22.9 Å². The number of nitrogens with one attached hydrogen (secondary N) is 1. The molecule has 1 aliphatic heterocycles. The second-order valence-electron chi connectivity index (χ2n) is 6.63. The van der Waals surface area contributed by atoms with Gasteiger partial charge >= 0.3 is 6.18 Å². The van der Waals surface area contributed by atoms with Crippen LogP contribution in [0.1, 0.15) is 21.5 Å². The number of hydrogen-bond donors (Lipinski definition) is 1. The monoisotopic (exact) mass is 375 g/mol. The van der Waals surface area contributed by atoms with Crippen LogP contribution < -0.4 is 4.90 Å². The fourth-order valence-electron chi connectivity index (χ4n) is 3.14. The summed E-state index contributed by atoms with van der Waals surface area (Å²) in [6.45, 7) is 3.75. The number of carbonyl (C=O) groups is 1. The average Bonchev–Trinajstić information content (AvgIpc) is 2.68. The maximum absolute atomic E-state index is 12.6. The lowest BCUT2D eigenvalue weighted by molar-refractivity contribution is -0.898. The summed E-state index contributed by atoms with van der Waals surface area (Å²) >= 11 is 0. The number of rotatable bonds is 4. The van der Waals surface area contributed by atoms with Crippen molar-refractivity contribution >= 4 is 12.0 Å². The summed E-state index contributed by atoms with van der Waals surface area (Å²) in [6.07, 6.45) is -0.158. The maximum atomic E-state index is 12.6. The van der Waals surface area contributed by atoms with Crippen LogP contribution in [0.5, 0.6) is 0 Å². The van der Waals surface area contributed by atoms with Crippen LogP contribution in [-0.4, -0.2) is 43.5 Å². The van der Waals surface area contributed by atoms with Crippen LogP contribution in [0, 0.1) is 0 Å². The predicted octanol–water partition coefficient (Wildman–Crippen LogP) is 2.76. The van der Waals surface area contributed by atoms with E-state index in [9.17, 15) is 18.0 Å². The molecule has 3 rings (SSSR count). The van der Waals surface area contributed by atoms with Crippen molar-refractivity contribution in [3.63, 3.8) is 0 Å². The van der Waals surface area contributed by atoms with Gasteiger partial charge in [0.1, 0.15) is 0 Å². The van der Waals surface area contributed by atoms with Gasteiger partial charge in [-0.15, -0.1) is 0 Å². The number of nitrogens with zero attached hydrogens (tertiary/aromatic N) is 1. The molecule has 1 saturated heterocycles. The summed E-state index contributed by atoms with van der Waals surface area (Å²) < 4.78 is 37.9. The molecule has 0 atom stereocenters. The number of piperazine rings is 1. The Morgan fingerprint density at radius 1 is 1.00 bits per heavy atom. The van der Waals surface area contributed by atoms with E-state index in [1.807, 2.05) is 30.3 Å². The molecule has 2 aromatic carbocycles. The van der Waals surface area contributed by atoms with Gasteiger partial charge in [-0.1, -0.05) is 36.4 Å². The maximum Gasteiger partial charge on any atom is 0.416 e. The molecule has 0 saturated carbocycles. The van der Waals surface area contributed by atoms with E-state index in [2.05, 4.69) is 12.2 Å². The number of hydrogen-bond acceptors (Lipinski definition) is 1. The highest BCUT2D eigenvalue weighted by Gasteiger charge is 2.31. The molecule has 0 aromatic heterocycles. The van der Waals surface area contributed by atoms with E-state index in [1.165, 1.54) is 17.0 Å². The Kier molecular flexibility index (Phi) is 5.96. The first-order valence-electron chi connectivity index (χ1n) is 8.95. The van der Waals surface area contributed by atoms with Gasteiger partial charge in [0, 0.05) is 5.56 Å². The normalized spacial score (nSPS) is 16.0. The number of carbonyl (C=O) groups excluding carboxylic acids is 1. The third-order valence-electron chi connectivity index (χ3n) is 4.73. The highest BCUT2D eigenvalue weighted by molar-refractivity contribution is 5.94. The third-order valence-corrected chi connectivity index (χ3v) is 4.73. The van der Waals surface area contributed by atoms with E-state index in [0.717, 1.165) is 37.3 Å². The number of halogens is 3. The molecule has 0 aliphatic carbocycles. The number of quaternary nitrogens is 1. The molecule has 0 radical (unpaired) electrons. The molecule has 1 N–H and O–H groups in total. The van der Waals surface area contributed by atoms with Gasteiger partial charge in [0.25, 0.3) is 5.91 Å². The quantitative estimate of drug-likeness (QED) is 0.873. The fraction of sp³-hybridized carbons (Fsp3) is 0.286. The van der Waals surface area contributed by atoms with Crippen LogP contribution >= 0.6 is 0 Å². The second-order valence-corrected chi connectivity index (χ2v) is 6.63. The largest absolute Gasteiger partial charge is 0.416 e. The molecular weight excluding hydrogens is 353 g/mol. The molecule has 6 heteroatoms. The minimum atomic E-state index is -4.39. The van der Waals surface area contributed by atoms with Crippen molar-refractivity contribution in [2.45, 2.75) is 6.18 Å². The predicted molar refractivity (Wildman–Crippen MR) is 98.4 cm³/mol. The molecular formula is C21H22F3N2O+. The molecule has 1 aliphatic rings. The van der Waals surface area contributed by atoms with Crippen molar-refractivity contribution in [1.29, 1.82) is 0 Å². The van der Waals surface area contributed by atoms with Gasteiger partial charge in [-0.05, 0) is 35.9 Å². The zero-order valence-electron chi connectivity index (χ0n) is 14.9. The molecule has 1 amide bonds. The molecule has 27 heavy (non-hydrogen) atoms. The Morgan fingerprint density at radius 3 is 2.22 bits per heavy atom. The van der Waals surface area contributed by atoms with Gasteiger partial charge < -0.3 is 9.80 Å². The molecule has 0 spiro atoms. The zero-order valence-corrected chi connectivity index (χ0v) is 14.9. The summed E-state index contributed by atoms with van der Waals surface area (Å²) in [5.41, 5.74) is 0.724. The molecule has 0 unspecified atom stereocenters. The van der Waals surface area contributed by atoms with Crippen LogP contribution in [0.4, 0.5) is 13.2 Å². The van der Waals surface area contributed by atoms with Crippen molar-refractivity contribution in [3.05, 3.63) is 77.4 Å². The van der Waals surface area contributed by atoms with Crippen molar-refractivity contribution in [2.75, 3.05) is 32.7 Å². The van der Waals surface area contributed by atoms with Gasteiger partial charge in [0.05, 0.1) is 38.3 Å². The Hall–Kier alpha value is -2.60. The lowest BCUT2D eigenvalue weighted by Crippen LogP contribution is -3.14. The first kappa shape index (κ1) is 19.2. The lowest BCUT2D eigenvalue weighted by atomic mass is 10.1. The third kappa shape index (κ3) is 5.20. The molecule has 2 aromatic rings. The summed E-state index contributed by atoms with van der Waals surface area (Å²) in [5.74, 6) is -0.206. The van der Waals surface area contributed by atoms with Gasteiger partial charge in [0.2, 0.25) is 0 Å². The van der Waals surface area contributed by atoms with Gasteiger partial charge in [-0.25, -0.2) is 0 Å². The SMILES string of the molecule is O=C(c1ccc(C(F)(F)F)cc1)N1CC[NH+](C/C=C/c2ccccc2)CC1. The minimum absolute atomic E-state index is 0.206. The van der Waals surface area contributed by atoms with Crippen molar-refractivity contribution in [3.8, 4) is 0 Å². The highest BCUT2D eigenvalue weighted by Crippen LogP contribution is 2.29. The Morgan fingerprint density at radius 2 is 1.63 bits per heavy atom. The standard InChI is InChI=1S/C21H21F3N2O/c22-21(23,24)19-10-8-18(9-11-19)20(27)26-15-13-25(14-16-26)12-4-7-17-5-2-1-3-6-17/h1-11H,12-16H2/p+1/b7-4+. The van der Waals surface area contributed by atoms with E-state index in [4.69, 9.17) is 0 Å². The zero-order chi connectivity index (χ0) is 19.3. The van der Waals surface area contributed by atoms with Crippen LogP contribution in [0.25, 0.3) is 6.08 Å². The van der Waals surface area contributed by atoms with Crippen molar-refractivity contribution in [2.24, 2.45) is 0 Å². The molecule has 3 nitrogen and oxygen atoms in total. The summed E-state index contributed by atoms with van der Waals surface area (Å²) in [4.78, 5) is 15.6. The first-order chi connectivity index (χ1) is 12.9. The van der Waals surface area contributed by atoms with Crippen LogP contribution in [0.3, 0.4) is 0 Å². The first-order valence-corrected chi connectivity index (χ1v) is 8.95. The summed E-state index contributed by atoms with van der Waals surface area (Å²) in [7, 11) is 0. The molecule has 1 fully saturated rings. The van der Waals surface area contributed by atoms with E-state index >= 15 is 0 Å². The van der Waals surface area contributed by atoms with Crippen LogP contribution in [-0.2, 0) is 6.18 Å². The van der Waals surface area contributed by atoms with Gasteiger partial charge in [-0.3, -0.25) is 4.79 Å². The number of benzene rings is 2. The van der Waals surface area contributed by atoms with E-state index in [1.54, 1.807) is 4.90 Å². The molecule has 142 valence electrons. The van der Waals surface area contributed by atoms with Crippen LogP contribution in [0.2, 0.25) is 0 Å².